The van der Waals surface area contributed by atoms with Crippen molar-refractivity contribution in [2.75, 3.05) is 26.2 Å². The Bertz CT molecular complexity index is 947. The SMILES string of the molecule is C[C@@H](CN1C[C@H]2C[C@@H]1CN2S(=O)(=O)c1cccc(F)c1)C(=O)N1CCC[C@H]1C#N. The Kier molecular flexibility index (Phi) is 5.36. The van der Waals surface area contributed by atoms with Gasteiger partial charge in [-0.05, 0) is 37.5 Å². The number of halogens is 1. The van der Waals surface area contributed by atoms with Crippen LogP contribution in [0.1, 0.15) is 26.2 Å². The monoisotopic (exact) mass is 420 g/mol. The van der Waals surface area contributed by atoms with Gasteiger partial charge in [-0.1, -0.05) is 13.0 Å². The maximum Gasteiger partial charge on any atom is 0.243 e. The van der Waals surface area contributed by atoms with Crippen molar-refractivity contribution >= 4 is 15.9 Å². The average Bonchev–Trinajstić information content (AvgIpc) is 3.42. The van der Waals surface area contributed by atoms with Crippen LogP contribution in [0.3, 0.4) is 0 Å². The van der Waals surface area contributed by atoms with Gasteiger partial charge in [0.05, 0.1) is 11.0 Å². The molecule has 29 heavy (non-hydrogen) atoms. The topological polar surface area (TPSA) is 84.7 Å². The van der Waals surface area contributed by atoms with Gasteiger partial charge in [0.1, 0.15) is 11.9 Å². The van der Waals surface area contributed by atoms with E-state index in [2.05, 4.69) is 11.0 Å². The van der Waals surface area contributed by atoms with E-state index in [1.165, 1.54) is 22.5 Å². The van der Waals surface area contributed by atoms with Gasteiger partial charge in [0, 0.05) is 44.2 Å². The summed E-state index contributed by atoms with van der Waals surface area (Å²) in [6, 6.07) is 6.89. The highest BCUT2D eigenvalue weighted by atomic mass is 32.2. The summed E-state index contributed by atoms with van der Waals surface area (Å²) in [6.07, 6.45) is 2.31. The number of carbonyl (C=O) groups is 1. The molecule has 3 fully saturated rings. The van der Waals surface area contributed by atoms with E-state index in [0.717, 1.165) is 25.3 Å². The summed E-state index contributed by atoms with van der Waals surface area (Å²) in [4.78, 5) is 16.6. The maximum absolute atomic E-state index is 13.5. The van der Waals surface area contributed by atoms with Crippen LogP contribution < -0.4 is 0 Å². The molecule has 0 aromatic heterocycles. The van der Waals surface area contributed by atoms with Crippen LogP contribution in [-0.2, 0) is 14.8 Å². The van der Waals surface area contributed by atoms with E-state index in [0.29, 0.717) is 26.2 Å². The summed E-state index contributed by atoms with van der Waals surface area (Å²) in [7, 11) is -3.73. The molecule has 0 unspecified atom stereocenters. The second-order valence-electron chi connectivity index (χ2n) is 8.25. The predicted octanol–water partition coefficient (Wildman–Crippen LogP) is 1.42. The number of sulfonamides is 1. The molecule has 1 aromatic carbocycles. The first-order valence-corrected chi connectivity index (χ1v) is 11.5. The van der Waals surface area contributed by atoms with Crippen LogP contribution in [0.4, 0.5) is 4.39 Å². The minimum absolute atomic E-state index is 0.000983. The van der Waals surface area contributed by atoms with E-state index in [1.54, 1.807) is 4.90 Å². The van der Waals surface area contributed by atoms with E-state index in [-0.39, 0.29) is 34.8 Å². The highest BCUT2D eigenvalue weighted by Crippen LogP contribution is 2.35. The molecule has 0 aliphatic carbocycles. The zero-order valence-corrected chi connectivity index (χ0v) is 17.2. The first-order valence-electron chi connectivity index (χ1n) is 10.0. The standard InChI is InChI=1S/C20H25FN4O3S/c1-14(20(26)24-7-3-5-16(24)10-22)11-23-12-18-9-17(23)13-25(18)29(27,28)19-6-2-4-15(21)8-19/h2,4,6,8,14,16-18H,3,5,7,9,11-13H2,1H3/t14-,16-,17+,18+/m0/s1. The van der Waals surface area contributed by atoms with Gasteiger partial charge >= 0.3 is 0 Å². The quantitative estimate of drug-likeness (QED) is 0.719. The summed E-state index contributed by atoms with van der Waals surface area (Å²) in [5.74, 6) is -0.806. The molecular weight excluding hydrogens is 395 g/mol. The van der Waals surface area contributed by atoms with Crippen LogP contribution in [0.25, 0.3) is 0 Å². The largest absolute Gasteiger partial charge is 0.326 e. The third-order valence-electron chi connectivity index (χ3n) is 6.32. The Morgan fingerprint density at radius 3 is 2.79 bits per heavy atom. The van der Waals surface area contributed by atoms with Crippen molar-refractivity contribution in [3.05, 3.63) is 30.1 Å². The smallest absolute Gasteiger partial charge is 0.243 e. The third kappa shape index (κ3) is 3.65. The van der Waals surface area contributed by atoms with E-state index in [9.17, 15) is 22.9 Å². The minimum Gasteiger partial charge on any atom is -0.326 e. The van der Waals surface area contributed by atoms with E-state index < -0.39 is 15.8 Å². The number of nitriles is 1. The number of nitrogens with zero attached hydrogens (tertiary/aromatic N) is 4. The predicted molar refractivity (Wildman–Crippen MR) is 104 cm³/mol. The molecule has 0 radical (unpaired) electrons. The molecule has 3 saturated heterocycles. The second kappa shape index (κ2) is 7.67. The Labute approximate surface area is 170 Å². The lowest BCUT2D eigenvalue weighted by atomic mass is 10.1. The Balaban J connectivity index is 1.39. The summed E-state index contributed by atoms with van der Waals surface area (Å²) in [5, 5.41) is 9.21. The zero-order valence-electron chi connectivity index (χ0n) is 16.4. The van der Waals surface area contributed by atoms with Crippen LogP contribution >= 0.6 is 0 Å². The van der Waals surface area contributed by atoms with Crippen molar-refractivity contribution in [2.45, 2.75) is 49.2 Å². The summed E-state index contributed by atoms with van der Waals surface area (Å²) in [5.41, 5.74) is 0. The lowest BCUT2D eigenvalue weighted by Gasteiger charge is -2.35. The molecule has 0 saturated carbocycles. The van der Waals surface area contributed by atoms with Gasteiger partial charge in [0.15, 0.2) is 0 Å². The van der Waals surface area contributed by atoms with Crippen molar-refractivity contribution in [2.24, 2.45) is 5.92 Å². The van der Waals surface area contributed by atoms with Crippen LogP contribution in [0.2, 0.25) is 0 Å². The molecular formula is C20H25FN4O3S. The number of amides is 1. The molecule has 9 heteroatoms. The fourth-order valence-electron chi connectivity index (χ4n) is 4.87. The van der Waals surface area contributed by atoms with Crippen molar-refractivity contribution in [3.8, 4) is 6.07 Å². The molecule has 1 amide bonds. The number of carbonyl (C=O) groups excluding carboxylic acids is 1. The number of piperazine rings is 1. The fourth-order valence-corrected chi connectivity index (χ4v) is 6.57. The molecule has 4 rings (SSSR count). The average molecular weight is 421 g/mol. The van der Waals surface area contributed by atoms with Gasteiger partial charge in [-0.15, -0.1) is 0 Å². The minimum atomic E-state index is -3.73. The number of rotatable bonds is 5. The number of hydrogen-bond acceptors (Lipinski definition) is 5. The molecule has 156 valence electrons. The van der Waals surface area contributed by atoms with E-state index >= 15 is 0 Å². The Hall–Kier alpha value is -2.02. The van der Waals surface area contributed by atoms with Gasteiger partial charge in [-0.25, -0.2) is 12.8 Å². The first kappa shape index (κ1) is 20.3. The number of hydrogen-bond donors (Lipinski definition) is 0. The van der Waals surface area contributed by atoms with E-state index in [1.807, 2.05) is 6.92 Å². The summed E-state index contributed by atoms with van der Waals surface area (Å²) >= 11 is 0. The molecule has 1 aromatic rings. The molecule has 7 nitrogen and oxygen atoms in total. The summed E-state index contributed by atoms with van der Waals surface area (Å²) in [6.45, 7) is 3.99. The molecule has 3 aliphatic heterocycles. The highest BCUT2D eigenvalue weighted by Gasteiger charge is 2.49. The number of fused-ring (bicyclic) bond motifs is 2. The highest BCUT2D eigenvalue weighted by molar-refractivity contribution is 7.89. The van der Waals surface area contributed by atoms with Crippen molar-refractivity contribution < 1.29 is 17.6 Å². The van der Waals surface area contributed by atoms with Gasteiger partial charge in [0.25, 0.3) is 0 Å². The fraction of sp³-hybridized carbons (Fsp3) is 0.600. The Morgan fingerprint density at radius 2 is 2.14 bits per heavy atom. The molecule has 0 spiro atoms. The second-order valence-corrected chi connectivity index (χ2v) is 10.1. The third-order valence-corrected chi connectivity index (χ3v) is 8.24. The molecule has 0 N–H and O–H groups in total. The molecule has 3 aliphatic rings. The maximum atomic E-state index is 13.5. The van der Waals surface area contributed by atoms with Gasteiger partial charge in [-0.3, -0.25) is 9.69 Å². The van der Waals surface area contributed by atoms with Gasteiger partial charge < -0.3 is 4.90 Å². The first-order chi connectivity index (χ1) is 13.8. The van der Waals surface area contributed by atoms with Crippen molar-refractivity contribution in [1.82, 2.24) is 14.1 Å². The van der Waals surface area contributed by atoms with Crippen molar-refractivity contribution in [3.63, 3.8) is 0 Å². The van der Waals surface area contributed by atoms with Gasteiger partial charge in [0.2, 0.25) is 15.9 Å². The lowest BCUT2D eigenvalue weighted by Crippen LogP contribution is -2.51. The Morgan fingerprint density at radius 1 is 1.34 bits per heavy atom. The molecule has 3 heterocycles. The lowest BCUT2D eigenvalue weighted by molar-refractivity contribution is -0.135. The van der Waals surface area contributed by atoms with Crippen LogP contribution in [0, 0.1) is 23.1 Å². The van der Waals surface area contributed by atoms with Crippen LogP contribution in [0.5, 0.6) is 0 Å². The van der Waals surface area contributed by atoms with E-state index in [4.69, 9.17) is 0 Å². The molecule has 2 bridgehead atoms. The van der Waals surface area contributed by atoms with Crippen molar-refractivity contribution in [1.29, 1.82) is 5.26 Å². The van der Waals surface area contributed by atoms with Gasteiger partial charge in [-0.2, -0.15) is 9.57 Å². The number of likely N-dealkylation sites (tertiary alicyclic amines) is 2. The van der Waals surface area contributed by atoms with Crippen LogP contribution in [-0.4, -0.2) is 72.7 Å². The zero-order chi connectivity index (χ0) is 20.8. The summed E-state index contributed by atoms with van der Waals surface area (Å²) < 4.78 is 40.8. The molecule has 4 atom stereocenters. The van der Waals surface area contributed by atoms with Crippen LogP contribution in [0.15, 0.2) is 29.2 Å². The number of benzene rings is 1. The normalized spacial score (nSPS) is 28.6.